The number of hydrogen-bond acceptors (Lipinski definition) is 6. The number of rotatable bonds is 7. The Bertz CT molecular complexity index is 916. The highest BCUT2D eigenvalue weighted by atomic mass is 32.2. The molecule has 0 fully saturated rings. The van der Waals surface area contributed by atoms with Crippen molar-refractivity contribution in [2.45, 2.75) is 4.90 Å². The number of sulfonamides is 1. The zero-order valence-corrected chi connectivity index (χ0v) is 16.6. The highest BCUT2D eigenvalue weighted by molar-refractivity contribution is 7.89. The molecule has 146 valence electrons. The van der Waals surface area contributed by atoms with Crippen LogP contribution in [0.25, 0.3) is 0 Å². The maximum atomic E-state index is 12.6. The van der Waals surface area contributed by atoms with Crippen molar-refractivity contribution < 1.29 is 27.4 Å². The van der Waals surface area contributed by atoms with E-state index in [1.165, 1.54) is 59.7 Å². The van der Waals surface area contributed by atoms with Gasteiger partial charge in [-0.25, -0.2) is 12.7 Å². The van der Waals surface area contributed by atoms with Crippen molar-refractivity contribution in [3.63, 3.8) is 0 Å². The van der Waals surface area contributed by atoms with Gasteiger partial charge in [0.25, 0.3) is 5.91 Å². The fourth-order valence-electron chi connectivity index (χ4n) is 2.36. The van der Waals surface area contributed by atoms with E-state index >= 15 is 0 Å². The van der Waals surface area contributed by atoms with E-state index in [1.807, 2.05) is 0 Å². The number of methoxy groups -OCH3 is 3. The van der Waals surface area contributed by atoms with Crippen molar-refractivity contribution in [3.05, 3.63) is 42.0 Å². The number of hydrogen-bond donors (Lipinski definition) is 1. The first-order chi connectivity index (χ1) is 12.7. The van der Waals surface area contributed by atoms with Gasteiger partial charge in [-0.05, 0) is 30.3 Å². The van der Waals surface area contributed by atoms with Crippen molar-refractivity contribution in [1.29, 1.82) is 0 Å². The van der Waals surface area contributed by atoms with Gasteiger partial charge in [0.1, 0.15) is 0 Å². The number of carbonyl (C=O) groups excluding carboxylic acids is 1. The molecule has 0 aromatic heterocycles. The van der Waals surface area contributed by atoms with Gasteiger partial charge in [-0.3, -0.25) is 4.79 Å². The average molecular weight is 394 g/mol. The van der Waals surface area contributed by atoms with Gasteiger partial charge in [0.2, 0.25) is 15.8 Å². The summed E-state index contributed by atoms with van der Waals surface area (Å²) in [5.74, 6) is 0.598. The largest absolute Gasteiger partial charge is 0.493 e. The van der Waals surface area contributed by atoms with Crippen LogP contribution in [0.4, 0.5) is 5.69 Å². The molecular formula is C18H22N2O6S. The van der Waals surface area contributed by atoms with E-state index in [-0.39, 0.29) is 10.5 Å². The average Bonchev–Trinajstić information content (AvgIpc) is 2.66. The zero-order valence-electron chi connectivity index (χ0n) is 15.8. The van der Waals surface area contributed by atoms with Crippen LogP contribution in [0.1, 0.15) is 10.4 Å². The molecule has 2 aromatic rings. The van der Waals surface area contributed by atoms with Crippen LogP contribution in [-0.4, -0.2) is 54.1 Å². The minimum Gasteiger partial charge on any atom is -0.493 e. The van der Waals surface area contributed by atoms with Crippen molar-refractivity contribution in [2.24, 2.45) is 0 Å². The number of benzene rings is 2. The van der Waals surface area contributed by atoms with E-state index in [4.69, 9.17) is 14.2 Å². The summed E-state index contributed by atoms with van der Waals surface area (Å²) in [4.78, 5) is 12.7. The molecule has 0 aliphatic carbocycles. The number of nitrogens with zero attached hydrogens (tertiary/aromatic N) is 1. The van der Waals surface area contributed by atoms with Gasteiger partial charge in [0.15, 0.2) is 11.5 Å². The van der Waals surface area contributed by atoms with Gasteiger partial charge >= 0.3 is 0 Å². The SMILES string of the molecule is COc1cc(C(=O)Nc2cccc(S(=O)(=O)N(C)C)c2)cc(OC)c1OC. The molecule has 0 unspecified atom stereocenters. The Morgan fingerprint density at radius 1 is 0.963 bits per heavy atom. The molecule has 0 aliphatic heterocycles. The monoisotopic (exact) mass is 394 g/mol. The maximum Gasteiger partial charge on any atom is 0.255 e. The van der Waals surface area contributed by atoms with Crippen LogP contribution in [0.2, 0.25) is 0 Å². The predicted molar refractivity (Wildman–Crippen MR) is 101 cm³/mol. The molecular weight excluding hydrogens is 372 g/mol. The van der Waals surface area contributed by atoms with Crippen LogP contribution in [-0.2, 0) is 10.0 Å². The normalized spacial score (nSPS) is 11.2. The summed E-state index contributed by atoms with van der Waals surface area (Å²) < 4.78 is 41.3. The van der Waals surface area contributed by atoms with Crippen molar-refractivity contribution >= 4 is 21.6 Å². The first-order valence-electron chi connectivity index (χ1n) is 7.88. The van der Waals surface area contributed by atoms with Gasteiger partial charge in [-0.2, -0.15) is 0 Å². The van der Waals surface area contributed by atoms with E-state index in [2.05, 4.69) is 5.32 Å². The molecule has 0 heterocycles. The second kappa shape index (κ2) is 8.28. The first kappa shape index (κ1) is 20.5. The lowest BCUT2D eigenvalue weighted by atomic mass is 10.1. The Balaban J connectivity index is 2.36. The third kappa shape index (κ3) is 4.32. The number of ether oxygens (including phenoxy) is 3. The standard InChI is InChI=1S/C18H22N2O6S/c1-20(2)27(22,23)14-8-6-7-13(11-14)19-18(21)12-9-15(24-3)17(26-5)16(10-12)25-4/h6-11H,1-5H3,(H,19,21). The van der Waals surface area contributed by atoms with Gasteiger partial charge in [0.05, 0.1) is 26.2 Å². The highest BCUT2D eigenvalue weighted by Gasteiger charge is 2.19. The minimum atomic E-state index is -3.60. The van der Waals surface area contributed by atoms with Crippen molar-refractivity contribution in [1.82, 2.24) is 4.31 Å². The Morgan fingerprint density at radius 3 is 2.04 bits per heavy atom. The van der Waals surface area contributed by atoms with Gasteiger partial charge < -0.3 is 19.5 Å². The smallest absolute Gasteiger partial charge is 0.255 e. The molecule has 1 amide bonds. The van der Waals surface area contributed by atoms with E-state index in [9.17, 15) is 13.2 Å². The second-order valence-corrected chi connectivity index (χ2v) is 7.84. The Labute approximate surface area is 158 Å². The molecule has 0 spiro atoms. The Morgan fingerprint density at radius 2 is 1.56 bits per heavy atom. The number of carbonyl (C=O) groups is 1. The topological polar surface area (TPSA) is 94.2 Å². The molecule has 1 N–H and O–H groups in total. The van der Waals surface area contributed by atoms with Crippen LogP contribution < -0.4 is 19.5 Å². The fraction of sp³-hybridized carbons (Fsp3) is 0.278. The molecule has 0 aliphatic rings. The summed E-state index contributed by atoms with van der Waals surface area (Å²) in [6.45, 7) is 0. The Hall–Kier alpha value is -2.78. The Kier molecular flexibility index (Phi) is 6.29. The van der Waals surface area contributed by atoms with Gasteiger partial charge in [-0.1, -0.05) is 6.07 Å². The molecule has 2 aromatic carbocycles. The summed E-state index contributed by atoms with van der Waals surface area (Å²) >= 11 is 0. The minimum absolute atomic E-state index is 0.0789. The lowest BCUT2D eigenvalue weighted by molar-refractivity contribution is 0.102. The maximum absolute atomic E-state index is 12.6. The van der Waals surface area contributed by atoms with Crippen LogP contribution in [0.15, 0.2) is 41.3 Å². The quantitative estimate of drug-likeness (QED) is 0.774. The summed E-state index contributed by atoms with van der Waals surface area (Å²) in [5, 5.41) is 2.68. The van der Waals surface area contributed by atoms with Crippen LogP contribution >= 0.6 is 0 Å². The predicted octanol–water partition coefficient (Wildman–Crippen LogP) is 2.21. The molecule has 2 rings (SSSR count). The van der Waals surface area contributed by atoms with Crippen LogP contribution in [0.5, 0.6) is 17.2 Å². The lowest BCUT2D eigenvalue weighted by Gasteiger charge is -2.15. The fourth-order valence-corrected chi connectivity index (χ4v) is 3.31. The first-order valence-corrected chi connectivity index (χ1v) is 9.32. The molecule has 27 heavy (non-hydrogen) atoms. The number of nitrogens with one attached hydrogen (secondary N) is 1. The highest BCUT2D eigenvalue weighted by Crippen LogP contribution is 2.38. The number of anilines is 1. The molecule has 9 heteroatoms. The van der Waals surface area contributed by atoms with E-state index in [0.29, 0.717) is 22.9 Å². The molecule has 0 bridgehead atoms. The lowest BCUT2D eigenvalue weighted by Crippen LogP contribution is -2.22. The van der Waals surface area contributed by atoms with E-state index in [0.717, 1.165) is 4.31 Å². The summed E-state index contributed by atoms with van der Waals surface area (Å²) in [7, 11) is 3.65. The van der Waals surface area contributed by atoms with Crippen molar-refractivity contribution in [3.8, 4) is 17.2 Å². The van der Waals surface area contributed by atoms with E-state index < -0.39 is 15.9 Å². The molecule has 8 nitrogen and oxygen atoms in total. The molecule has 0 saturated carbocycles. The van der Waals surface area contributed by atoms with E-state index in [1.54, 1.807) is 12.1 Å². The van der Waals surface area contributed by atoms with Gasteiger partial charge in [0, 0.05) is 25.3 Å². The number of amides is 1. The third-order valence-electron chi connectivity index (χ3n) is 3.80. The van der Waals surface area contributed by atoms with Crippen molar-refractivity contribution in [2.75, 3.05) is 40.7 Å². The molecule has 0 saturated heterocycles. The molecule has 0 radical (unpaired) electrons. The summed E-state index contributed by atoms with van der Waals surface area (Å²) in [6.07, 6.45) is 0. The third-order valence-corrected chi connectivity index (χ3v) is 5.61. The second-order valence-electron chi connectivity index (χ2n) is 5.68. The van der Waals surface area contributed by atoms with Gasteiger partial charge in [-0.15, -0.1) is 0 Å². The molecule has 0 atom stereocenters. The summed E-state index contributed by atoms with van der Waals surface area (Å²) in [5.41, 5.74) is 0.613. The zero-order chi connectivity index (χ0) is 20.2. The summed E-state index contributed by atoms with van der Waals surface area (Å²) in [6, 6.07) is 9.04. The van der Waals surface area contributed by atoms with Crippen LogP contribution in [0, 0.1) is 0 Å². The van der Waals surface area contributed by atoms with Crippen LogP contribution in [0.3, 0.4) is 0 Å².